The second-order valence-electron chi connectivity index (χ2n) is 5.00. The molecule has 1 aliphatic heterocycles. The molecule has 1 aliphatic rings. The maximum Gasteiger partial charge on any atom is 0.253 e. The van der Waals surface area contributed by atoms with Crippen LogP contribution in [0.4, 0.5) is 0 Å². The van der Waals surface area contributed by atoms with Gasteiger partial charge in [-0.3, -0.25) is 9.59 Å². The van der Waals surface area contributed by atoms with Gasteiger partial charge in [-0.15, -0.1) is 0 Å². The van der Waals surface area contributed by atoms with Crippen molar-refractivity contribution in [2.75, 3.05) is 26.2 Å². The monoisotopic (exact) mass is 275 g/mol. The van der Waals surface area contributed by atoms with Crippen molar-refractivity contribution in [1.82, 2.24) is 9.80 Å². The largest absolute Gasteiger partial charge is 0.338 e. The van der Waals surface area contributed by atoms with Crippen molar-refractivity contribution in [3.8, 4) is 0 Å². The van der Waals surface area contributed by atoms with Gasteiger partial charge in [0.1, 0.15) is 0 Å². The molecule has 1 aromatic rings. The fraction of sp³-hybridized carbons (Fsp3) is 0.467. The quantitative estimate of drug-likeness (QED) is 0.883. The molecule has 20 heavy (non-hydrogen) atoms. The van der Waals surface area contributed by atoms with Crippen LogP contribution in [0.5, 0.6) is 0 Å². The zero-order valence-electron chi connectivity index (χ0n) is 11.8. The molecule has 5 nitrogen and oxygen atoms in total. The number of piperazine rings is 1. The Balaban J connectivity index is 1.92. The van der Waals surface area contributed by atoms with E-state index in [1.807, 2.05) is 37.3 Å². The third-order valence-corrected chi connectivity index (χ3v) is 3.66. The van der Waals surface area contributed by atoms with Crippen molar-refractivity contribution in [3.05, 3.63) is 35.9 Å². The highest BCUT2D eigenvalue weighted by atomic mass is 16.2. The summed E-state index contributed by atoms with van der Waals surface area (Å²) in [5.74, 6) is 0.0109. The Morgan fingerprint density at radius 1 is 1.10 bits per heavy atom. The van der Waals surface area contributed by atoms with Gasteiger partial charge >= 0.3 is 0 Å². The van der Waals surface area contributed by atoms with Gasteiger partial charge in [0.15, 0.2) is 0 Å². The average molecular weight is 275 g/mol. The van der Waals surface area contributed by atoms with Gasteiger partial charge in [-0.05, 0) is 18.6 Å². The summed E-state index contributed by atoms with van der Waals surface area (Å²) in [5.41, 5.74) is 6.45. The highest BCUT2D eigenvalue weighted by molar-refractivity contribution is 5.94. The minimum absolute atomic E-state index is 0.0145. The van der Waals surface area contributed by atoms with Gasteiger partial charge < -0.3 is 15.5 Å². The molecular weight excluding hydrogens is 254 g/mol. The van der Waals surface area contributed by atoms with E-state index >= 15 is 0 Å². The Bertz CT molecular complexity index is 467. The summed E-state index contributed by atoms with van der Waals surface area (Å²) in [5, 5.41) is 0. The van der Waals surface area contributed by atoms with E-state index in [9.17, 15) is 9.59 Å². The van der Waals surface area contributed by atoms with E-state index in [2.05, 4.69) is 0 Å². The van der Waals surface area contributed by atoms with Crippen molar-refractivity contribution in [3.63, 3.8) is 0 Å². The minimum Gasteiger partial charge on any atom is -0.338 e. The smallest absolute Gasteiger partial charge is 0.253 e. The second-order valence-corrected chi connectivity index (χ2v) is 5.00. The van der Waals surface area contributed by atoms with E-state index in [1.165, 1.54) is 0 Å². The zero-order valence-corrected chi connectivity index (χ0v) is 11.8. The van der Waals surface area contributed by atoms with Gasteiger partial charge in [0, 0.05) is 31.7 Å². The fourth-order valence-electron chi connectivity index (χ4n) is 2.30. The molecule has 1 fully saturated rings. The summed E-state index contributed by atoms with van der Waals surface area (Å²) in [6.07, 6.45) is 0.641. The first-order valence-corrected chi connectivity index (χ1v) is 7.02. The van der Waals surface area contributed by atoms with E-state index < -0.39 is 6.04 Å². The van der Waals surface area contributed by atoms with Crippen LogP contribution in [0, 0.1) is 0 Å². The second kappa shape index (κ2) is 6.52. The lowest BCUT2D eigenvalue weighted by Crippen LogP contribution is -2.54. The Morgan fingerprint density at radius 2 is 1.65 bits per heavy atom. The molecule has 1 aromatic carbocycles. The van der Waals surface area contributed by atoms with E-state index in [-0.39, 0.29) is 11.8 Å². The first kappa shape index (κ1) is 14.5. The third kappa shape index (κ3) is 3.17. The van der Waals surface area contributed by atoms with Crippen LogP contribution < -0.4 is 5.73 Å². The molecule has 0 aliphatic carbocycles. The van der Waals surface area contributed by atoms with Crippen LogP contribution in [-0.4, -0.2) is 53.8 Å². The van der Waals surface area contributed by atoms with Crippen LogP contribution in [0.2, 0.25) is 0 Å². The maximum absolute atomic E-state index is 12.3. The summed E-state index contributed by atoms with van der Waals surface area (Å²) in [4.78, 5) is 27.8. The molecule has 0 unspecified atom stereocenters. The average Bonchev–Trinajstić information content (AvgIpc) is 2.53. The highest BCUT2D eigenvalue weighted by Gasteiger charge is 2.26. The molecule has 0 saturated carbocycles. The molecule has 2 N–H and O–H groups in total. The van der Waals surface area contributed by atoms with Crippen LogP contribution in [0.1, 0.15) is 23.7 Å². The van der Waals surface area contributed by atoms with Crippen molar-refractivity contribution >= 4 is 11.8 Å². The molecule has 2 rings (SSSR count). The van der Waals surface area contributed by atoms with Gasteiger partial charge in [0.2, 0.25) is 5.91 Å². The van der Waals surface area contributed by atoms with Gasteiger partial charge in [0.05, 0.1) is 6.04 Å². The summed E-state index contributed by atoms with van der Waals surface area (Å²) in [6.45, 7) is 4.15. The summed E-state index contributed by atoms with van der Waals surface area (Å²) >= 11 is 0. The Labute approximate surface area is 119 Å². The molecule has 0 spiro atoms. The molecule has 0 bridgehead atoms. The molecular formula is C15H21N3O2. The predicted molar refractivity (Wildman–Crippen MR) is 77.2 cm³/mol. The van der Waals surface area contributed by atoms with Crippen LogP contribution >= 0.6 is 0 Å². The van der Waals surface area contributed by atoms with Gasteiger partial charge in [-0.1, -0.05) is 25.1 Å². The van der Waals surface area contributed by atoms with Crippen LogP contribution in [0.15, 0.2) is 30.3 Å². The molecule has 5 heteroatoms. The van der Waals surface area contributed by atoms with Crippen molar-refractivity contribution in [2.24, 2.45) is 5.73 Å². The number of amides is 2. The third-order valence-electron chi connectivity index (χ3n) is 3.66. The first-order chi connectivity index (χ1) is 9.63. The topological polar surface area (TPSA) is 66.6 Å². The Kier molecular flexibility index (Phi) is 4.74. The Morgan fingerprint density at radius 3 is 2.20 bits per heavy atom. The van der Waals surface area contributed by atoms with Crippen molar-refractivity contribution < 1.29 is 9.59 Å². The van der Waals surface area contributed by atoms with Crippen LogP contribution in [0.3, 0.4) is 0 Å². The number of benzene rings is 1. The number of nitrogens with two attached hydrogens (primary N) is 1. The van der Waals surface area contributed by atoms with Crippen LogP contribution in [0.25, 0.3) is 0 Å². The SMILES string of the molecule is CC[C@@H](N)C(=O)N1CCN(C(=O)c2ccccc2)CC1. The summed E-state index contributed by atoms with van der Waals surface area (Å²) in [6, 6.07) is 8.80. The summed E-state index contributed by atoms with van der Waals surface area (Å²) in [7, 11) is 0. The lowest BCUT2D eigenvalue weighted by molar-refractivity contribution is -0.134. The molecule has 2 amide bonds. The molecule has 1 atom stereocenters. The number of nitrogens with zero attached hydrogens (tertiary/aromatic N) is 2. The highest BCUT2D eigenvalue weighted by Crippen LogP contribution is 2.09. The predicted octanol–water partition coefficient (Wildman–Crippen LogP) is 0.708. The van der Waals surface area contributed by atoms with Gasteiger partial charge in [0.25, 0.3) is 5.91 Å². The van der Waals surface area contributed by atoms with Gasteiger partial charge in [-0.2, -0.15) is 0 Å². The molecule has 0 aromatic heterocycles. The maximum atomic E-state index is 12.3. The molecule has 0 radical (unpaired) electrons. The number of hydrogen-bond acceptors (Lipinski definition) is 3. The fourth-order valence-corrected chi connectivity index (χ4v) is 2.30. The normalized spacial score (nSPS) is 16.9. The standard InChI is InChI=1S/C15H21N3O2/c1-2-13(16)15(20)18-10-8-17(9-11-18)14(19)12-6-4-3-5-7-12/h3-7,13H,2,8-11,16H2,1H3/t13-/m1/s1. The van der Waals surface area contributed by atoms with Crippen LogP contribution in [-0.2, 0) is 4.79 Å². The molecule has 1 saturated heterocycles. The van der Waals surface area contributed by atoms with E-state index in [0.29, 0.717) is 38.2 Å². The van der Waals surface area contributed by atoms with Crippen molar-refractivity contribution in [1.29, 1.82) is 0 Å². The molecule has 108 valence electrons. The summed E-state index contributed by atoms with van der Waals surface area (Å²) < 4.78 is 0. The first-order valence-electron chi connectivity index (χ1n) is 7.02. The Hall–Kier alpha value is -1.88. The number of carbonyl (C=O) groups is 2. The lowest BCUT2D eigenvalue weighted by Gasteiger charge is -2.35. The minimum atomic E-state index is -0.425. The number of rotatable bonds is 3. The zero-order chi connectivity index (χ0) is 14.5. The molecule has 1 heterocycles. The lowest BCUT2D eigenvalue weighted by atomic mass is 10.1. The van der Waals surface area contributed by atoms with E-state index in [4.69, 9.17) is 5.73 Å². The number of carbonyl (C=O) groups excluding carboxylic acids is 2. The number of hydrogen-bond donors (Lipinski definition) is 1. The van der Waals surface area contributed by atoms with Crippen molar-refractivity contribution in [2.45, 2.75) is 19.4 Å². The van der Waals surface area contributed by atoms with E-state index in [1.54, 1.807) is 9.80 Å². The van der Waals surface area contributed by atoms with Gasteiger partial charge in [-0.25, -0.2) is 0 Å². The van der Waals surface area contributed by atoms with E-state index in [0.717, 1.165) is 0 Å².